The summed E-state index contributed by atoms with van der Waals surface area (Å²) in [6.45, 7) is 4.10. The van der Waals surface area contributed by atoms with Gasteiger partial charge in [-0.15, -0.1) is 0 Å². The van der Waals surface area contributed by atoms with E-state index in [-0.39, 0.29) is 97.4 Å². The van der Waals surface area contributed by atoms with E-state index < -0.39 is 125 Å². The Morgan fingerprint density at radius 3 is 2.14 bits per heavy atom. The van der Waals surface area contributed by atoms with Crippen molar-refractivity contribution in [2.75, 3.05) is 73.5 Å². The zero-order valence-electron chi connectivity index (χ0n) is 37.9. The number of hydrogen-bond acceptors (Lipinski definition) is 21. The van der Waals surface area contributed by atoms with E-state index in [0.717, 1.165) is 12.1 Å². The fraction of sp³-hybridized carbons (Fsp3) is 0.533. The summed E-state index contributed by atoms with van der Waals surface area (Å²) in [6, 6.07) is 4.07. The molecule has 24 heteroatoms. The second-order valence-corrected chi connectivity index (χ2v) is 16.6. The molecule has 2 heterocycles. The molecule has 0 unspecified atom stereocenters. The summed E-state index contributed by atoms with van der Waals surface area (Å²) in [6.07, 6.45) is -15.3. The molecule has 2 saturated heterocycles. The highest BCUT2D eigenvalue weighted by molar-refractivity contribution is 6.31. The van der Waals surface area contributed by atoms with Crippen LogP contribution in [0.25, 0.3) is 21.6 Å². The number of rotatable bonds is 19. The Morgan fingerprint density at radius 2 is 1.46 bits per heavy atom. The number of methoxy groups -OCH3 is 1. The van der Waals surface area contributed by atoms with Gasteiger partial charge in [-0.2, -0.15) is 0 Å². The van der Waals surface area contributed by atoms with Crippen molar-refractivity contribution >= 4 is 17.5 Å². The highest BCUT2D eigenvalue weighted by atomic mass is 16.7. The average Bonchev–Trinajstić information content (AvgIpc) is 3.32. The highest BCUT2D eigenvalue weighted by Crippen LogP contribution is 2.57. The van der Waals surface area contributed by atoms with Crippen LogP contribution in [0.5, 0.6) is 23.0 Å². The van der Waals surface area contributed by atoms with E-state index in [9.17, 15) is 55.2 Å². The van der Waals surface area contributed by atoms with E-state index in [2.05, 4.69) is 20.7 Å². The monoisotopic (exact) mass is 969 g/mol. The van der Waals surface area contributed by atoms with Crippen LogP contribution >= 0.6 is 0 Å². The number of hydrogen-bond donors (Lipinski definition) is 10. The lowest BCUT2D eigenvalue weighted by atomic mass is 9.74. The van der Waals surface area contributed by atoms with Gasteiger partial charge in [0.05, 0.1) is 82.2 Å². The number of nitrogens with one attached hydrogen (secondary N) is 2. The summed E-state index contributed by atoms with van der Waals surface area (Å²) in [5.41, 5.74) is 5.65. The number of aromatic hydroxyl groups is 3. The molecule has 7 rings (SSSR count). The third-order valence-electron chi connectivity index (χ3n) is 12.4. The van der Waals surface area contributed by atoms with Crippen molar-refractivity contribution in [2.24, 2.45) is 5.11 Å². The fourth-order valence-electron chi connectivity index (χ4n) is 8.98. The number of aryl methyl sites for hydroxylation is 1. The van der Waals surface area contributed by atoms with Crippen molar-refractivity contribution in [2.45, 2.75) is 81.3 Å². The first kappa shape index (κ1) is 51.3. The van der Waals surface area contributed by atoms with Gasteiger partial charge in [0, 0.05) is 46.3 Å². The molecule has 11 atom stereocenters. The molecule has 2 aliphatic heterocycles. The van der Waals surface area contributed by atoms with Gasteiger partial charge in [-0.3, -0.25) is 14.4 Å². The maximum Gasteiger partial charge on any atom is 0.255 e. The average molecular weight is 970 g/mol. The topological polar surface area (TPSA) is 360 Å². The first-order chi connectivity index (χ1) is 33.1. The molecular weight excluding hydrogens is 915 g/mol. The second kappa shape index (κ2) is 22.0. The standard InChI is InChI=1S/C45H55N5O19/c1-18-13-24-30(37(57)27(18)43(61)48-5-7-63-9-11-65-12-10-64-8-6-49-50-46)29-22(16-23-31(38(29)58)34(54)21-14-20(62-4)15-25(51)28(21)33(23)53)35(55)41(24)68-45-40(60)42(32(47-3)19(2)67-45)69-44-39(59)36(56)26(52)17-66-44/h13-16,19,26,32,35-36,39-42,44-45,47,51-52,55-60H,5-12,17H2,1-4H3,(H,48,61)/t19-,26-,32+,35+,36+,39-,40-,41+,42+,44+,45+/m1/s1. The number of aliphatic hydroxyl groups is 5. The molecule has 4 aliphatic rings. The number of nitrogens with zero attached hydrogens (tertiary/aromatic N) is 3. The van der Waals surface area contributed by atoms with E-state index in [1.165, 1.54) is 26.2 Å². The van der Waals surface area contributed by atoms with Gasteiger partial charge in [0.2, 0.25) is 0 Å². The summed E-state index contributed by atoms with van der Waals surface area (Å²) < 4.78 is 45.5. The van der Waals surface area contributed by atoms with E-state index in [1.54, 1.807) is 14.0 Å². The molecule has 0 aromatic heterocycles. The molecule has 1 amide bonds. The summed E-state index contributed by atoms with van der Waals surface area (Å²) in [7, 11) is 2.84. The highest BCUT2D eigenvalue weighted by Gasteiger charge is 2.51. The van der Waals surface area contributed by atoms with Crippen LogP contribution in [0.2, 0.25) is 0 Å². The smallest absolute Gasteiger partial charge is 0.255 e. The van der Waals surface area contributed by atoms with Gasteiger partial charge in [-0.05, 0) is 55.2 Å². The minimum absolute atomic E-state index is 0.0299. The molecular formula is C45H55N5O19. The van der Waals surface area contributed by atoms with E-state index >= 15 is 0 Å². The number of ketones is 2. The first-order valence-electron chi connectivity index (χ1n) is 22.0. The number of phenols is 3. The molecule has 2 fully saturated rings. The molecule has 374 valence electrons. The molecule has 10 N–H and O–H groups in total. The Kier molecular flexibility index (Phi) is 16.4. The Hall–Kier alpha value is -5.54. The fourth-order valence-corrected chi connectivity index (χ4v) is 8.98. The Labute approximate surface area is 393 Å². The Balaban J connectivity index is 1.21. The van der Waals surface area contributed by atoms with Gasteiger partial charge in [-0.25, -0.2) is 0 Å². The van der Waals surface area contributed by atoms with Crippen molar-refractivity contribution < 1.29 is 93.1 Å². The van der Waals surface area contributed by atoms with Crippen molar-refractivity contribution in [3.63, 3.8) is 0 Å². The van der Waals surface area contributed by atoms with Crippen molar-refractivity contribution in [1.82, 2.24) is 10.6 Å². The Bertz CT molecular complexity index is 2470. The molecule has 2 aliphatic carbocycles. The lowest BCUT2D eigenvalue weighted by Gasteiger charge is -2.47. The van der Waals surface area contributed by atoms with Crippen LogP contribution in [0, 0.1) is 6.92 Å². The predicted molar refractivity (Wildman–Crippen MR) is 235 cm³/mol. The molecule has 0 bridgehead atoms. The molecule has 0 radical (unpaired) electrons. The van der Waals surface area contributed by atoms with Crippen LogP contribution in [-0.4, -0.2) is 187 Å². The van der Waals surface area contributed by atoms with Crippen molar-refractivity contribution in [3.8, 4) is 34.1 Å². The minimum atomic E-state index is -1.86. The lowest BCUT2D eigenvalue weighted by Crippen LogP contribution is -2.65. The van der Waals surface area contributed by atoms with Gasteiger partial charge in [0.25, 0.3) is 5.91 Å². The summed E-state index contributed by atoms with van der Waals surface area (Å²) in [5, 5.41) is 99.5. The van der Waals surface area contributed by atoms with Gasteiger partial charge in [0.15, 0.2) is 24.1 Å². The zero-order valence-corrected chi connectivity index (χ0v) is 37.9. The third-order valence-corrected chi connectivity index (χ3v) is 12.4. The second-order valence-electron chi connectivity index (χ2n) is 16.6. The van der Waals surface area contributed by atoms with Crippen LogP contribution in [-0.2, 0) is 33.2 Å². The molecule has 3 aromatic rings. The minimum Gasteiger partial charge on any atom is -0.507 e. The quantitative estimate of drug-likeness (QED) is 0.0261. The van der Waals surface area contributed by atoms with E-state index in [4.69, 9.17) is 43.4 Å². The van der Waals surface area contributed by atoms with Crippen LogP contribution in [0.15, 0.2) is 29.4 Å². The zero-order chi connectivity index (χ0) is 49.8. The van der Waals surface area contributed by atoms with Crippen molar-refractivity contribution in [1.29, 1.82) is 0 Å². The lowest BCUT2D eigenvalue weighted by molar-refractivity contribution is -0.339. The number of phenolic OH excluding ortho intramolecular Hbond substituents is 3. The van der Waals surface area contributed by atoms with Crippen LogP contribution in [0.3, 0.4) is 0 Å². The summed E-state index contributed by atoms with van der Waals surface area (Å²) in [4.78, 5) is 44.9. The number of amides is 1. The molecule has 69 heavy (non-hydrogen) atoms. The number of ether oxygens (including phenoxy) is 8. The number of aliphatic hydroxyl groups excluding tert-OH is 5. The van der Waals surface area contributed by atoms with Crippen LogP contribution < -0.4 is 15.4 Å². The van der Waals surface area contributed by atoms with Gasteiger partial charge in [0.1, 0.15) is 65.7 Å². The number of benzene rings is 3. The molecule has 0 spiro atoms. The number of carbonyl (C=O) groups excluding carboxylic acids is 3. The number of likely N-dealkylation sites (N-methyl/N-ethyl adjacent to an activating group) is 1. The Morgan fingerprint density at radius 1 is 0.812 bits per heavy atom. The van der Waals surface area contributed by atoms with Crippen LogP contribution in [0.1, 0.15) is 78.0 Å². The van der Waals surface area contributed by atoms with Gasteiger partial charge < -0.3 is 89.4 Å². The number of azide groups is 1. The maximum atomic E-state index is 14.2. The van der Waals surface area contributed by atoms with Crippen LogP contribution in [0.4, 0.5) is 0 Å². The SMILES string of the molecule is CN[C@@H]1[C@H](O[C@@H]2OC[C@@H](O)[C@H](O)[C@H]2O)[C@@H](O)[C@H](O[C@H]2c3cc(C)c(C(=O)NCCOCCOCCOCCN=[N+]=[N-])c(O)c3-c3c(cc4c(c3O)C(=O)c3cc(OC)cc(O)c3C4=O)[C@@H]2O)O[C@@H]1C. The molecule has 3 aromatic carbocycles. The third kappa shape index (κ3) is 10.1. The molecule has 24 nitrogen and oxygen atoms in total. The number of fused-ring (bicyclic) bond motifs is 5. The maximum absolute atomic E-state index is 14.2. The van der Waals surface area contributed by atoms with Gasteiger partial charge in [-0.1, -0.05) is 11.2 Å². The summed E-state index contributed by atoms with van der Waals surface area (Å²) >= 11 is 0. The summed E-state index contributed by atoms with van der Waals surface area (Å²) in [5.74, 6) is -4.70. The van der Waals surface area contributed by atoms with Gasteiger partial charge >= 0.3 is 0 Å². The number of carbonyl (C=O) groups is 3. The normalized spacial score (nSPS) is 27.1. The predicted octanol–water partition coefficient (Wildman–Crippen LogP) is 0.275. The van der Waals surface area contributed by atoms with E-state index in [0.29, 0.717) is 0 Å². The van der Waals surface area contributed by atoms with E-state index in [1.807, 2.05) is 0 Å². The first-order valence-corrected chi connectivity index (χ1v) is 22.0. The largest absolute Gasteiger partial charge is 0.507 e. The molecule has 0 saturated carbocycles. The van der Waals surface area contributed by atoms with Crippen molar-refractivity contribution in [3.05, 3.63) is 79.2 Å².